The number of aryl methyl sites for hydroxylation is 1. The lowest BCUT2D eigenvalue weighted by atomic mass is 10.1. The third kappa shape index (κ3) is 0.909. The van der Waals surface area contributed by atoms with E-state index < -0.39 is 0 Å². The lowest BCUT2D eigenvalue weighted by Crippen LogP contribution is -1.88. The Morgan fingerprint density at radius 3 is 2.86 bits per heavy atom. The summed E-state index contributed by atoms with van der Waals surface area (Å²) < 4.78 is 0. The summed E-state index contributed by atoms with van der Waals surface area (Å²) in [4.78, 5) is 8.78. The number of rotatable bonds is 0. The Labute approximate surface area is 82.7 Å². The Balaban J connectivity index is 2.33. The molecule has 3 rings (SSSR count). The van der Waals surface area contributed by atoms with Gasteiger partial charge >= 0.3 is 0 Å². The van der Waals surface area contributed by atoms with Crippen LogP contribution in [0, 0.1) is 6.92 Å². The van der Waals surface area contributed by atoms with E-state index in [-0.39, 0.29) is 0 Å². The molecule has 68 valence electrons. The molecule has 0 aliphatic heterocycles. The van der Waals surface area contributed by atoms with Gasteiger partial charge < -0.3 is 0 Å². The van der Waals surface area contributed by atoms with Gasteiger partial charge in [-0.2, -0.15) is 0 Å². The van der Waals surface area contributed by atoms with E-state index in [1.54, 1.807) is 0 Å². The number of hydrogen-bond acceptors (Lipinski definition) is 2. The molecule has 1 aliphatic carbocycles. The predicted octanol–water partition coefficient (Wildman–Crippen LogP) is 2.36. The first-order valence-electron chi connectivity index (χ1n) is 4.75. The van der Waals surface area contributed by atoms with Gasteiger partial charge in [0.2, 0.25) is 0 Å². The Bertz CT molecular complexity index is 503. The Morgan fingerprint density at radius 2 is 1.93 bits per heavy atom. The van der Waals surface area contributed by atoms with E-state index in [1.165, 1.54) is 16.7 Å². The van der Waals surface area contributed by atoms with Crippen molar-refractivity contribution in [3.8, 4) is 11.4 Å². The van der Waals surface area contributed by atoms with E-state index in [0.717, 1.165) is 17.8 Å². The lowest BCUT2D eigenvalue weighted by molar-refractivity contribution is 1.18. The first kappa shape index (κ1) is 7.68. The van der Waals surface area contributed by atoms with Gasteiger partial charge in [0, 0.05) is 18.8 Å². The zero-order valence-corrected chi connectivity index (χ0v) is 7.99. The van der Waals surface area contributed by atoms with E-state index in [1.807, 2.05) is 18.5 Å². The smallest absolute Gasteiger partial charge is 0.0927 e. The van der Waals surface area contributed by atoms with Gasteiger partial charge in [-0.15, -0.1) is 0 Å². The first-order valence-corrected chi connectivity index (χ1v) is 4.75. The van der Waals surface area contributed by atoms with Crippen LogP contribution < -0.4 is 0 Å². The number of pyridine rings is 2. The molecular formula is C12H10N2. The van der Waals surface area contributed by atoms with E-state index in [9.17, 15) is 0 Å². The van der Waals surface area contributed by atoms with Crippen molar-refractivity contribution in [3.05, 3.63) is 47.3 Å². The quantitative estimate of drug-likeness (QED) is 0.533. The van der Waals surface area contributed by atoms with Crippen molar-refractivity contribution in [2.75, 3.05) is 0 Å². The van der Waals surface area contributed by atoms with Gasteiger partial charge in [-0.05, 0) is 35.7 Å². The van der Waals surface area contributed by atoms with Crippen LogP contribution in [0.4, 0.5) is 0 Å². The second-order valence-electron chi connectivity index (χ2n) is 3.64. The number of hydrogen-bond donors (Lipinski definition) is 0. The molecule has 2 nitrogen and oxygen atoms in total. The highest BCUT2D eigenvalue weighted by atomic mass is 14.8. The molecule has 0 radical (unpaired) electrons. The summed E-state index contributed by atoms with van der Waals surface area (Å²) in [6.45, 7) is 2.13. The van der Waals surface area contributed by atoms with Gasteiger partial charge in [0.25, 0.3) is 0 Å². The molecule has 2 heteroatoms. The van der Waals surface area contributed by atoms with Crippen molar-refractivity contribution in [3.63, 3.8) is 0 Å². The van der Waals surface area contributed by atoms with Gasteiger partial charge in [-0.25, -0.2) is 0 Å². The molecule has 14 heavy (non-hydrogen) atoms. The van der Waals surface area contributed by atoms with Gasteiger partial charge in [-0.1, -0.05) is 6.07 Å². The molecule has 2 aromatic rings. The van der Waals surface area contributed by atoms with Crippen molar-refractivity contribution in [1.82, 2.24) is 9.97 Å². The zero-order chi connectivity index (χ0) is 9.54. The number of nitrogens with zero attached hydrogens (tertiary/aromatic N) is 2. The van der Waals surface area contributed by atoms with Crippen LogP contribution in [0.15, 0.2) is 30.6 Å². The number of fused-ring (bicyclic) bond motifs is 3. The van der Waals surface area contributed by atoms with E-state index in [0.29, 0.717) is 0 Å². The molecule has 0 unspecified atom stereocenters. The summed E-state index contributed by atoms with van der Waals surface area (Å²) in [7, 11) is 0. The molecule has 0 saturated carbocycles. The standard InChI is InChI=1S/C12H10N2/c1-8-4-6-14-12-10(8)7-9-3-2-5-13-11(9)12/h2-6H,7H2,1H3. The average Bonchev–Trinajstić information content (AvgIpc) is 2.59. The summed E-state index contributed by atoms with van der Waals surface area (Å²) in [6, 6.07) is 6.17. The van der Waals surface area contributed by atoms with Crippen LogP contribution in [-0.4, -0.2) is 9.97 Å². The highest BCUT2D eigenvalue weighted by Gasteiger charge is 2.21. The maximum Gasteiger partial charge on any atom is 0.0927 e. The predicted molar refractivity (Wildman–Crippen MR) is 55.0 cm³/mol. The molecule has 0 spiro atoms. The molecule has 2 aromatic heterocycles. The van der Waals surface area contributed by atoms with E-state index in [2.05, 4.69) is 29.0 Å². The van der Waals surface area contributed by atoms with Gasteiger partial charge in [-0.3, -0.25) is 9.97 Å². The normalized spacial score (nSPS) is 12.4. The maximum absolute atomic E-state index is 4.40. The summed E-state index contributed by atoms with van der Waals surface area (Å²) in [5.41, 5.74) is 6.07. The minimum absolute atomic E-state index is 0.984. The van der Waals surface area contributed by atoms with Gasteiger partial charge in [0.05, 0.1) is 11.4 Å². The summed E-state index contributed by atoms with van der Waals surface area (Å²) in [5.74, 6) is 0. The van der Waals surface area contributed by atoms with E-state index >= 15 is 0 Å². The van der Waals surface area contributed by atoms with Crippen molar-refractivity contribution >= 4 is 0 Å². The molecule has 0 bridgehead atoms. The van der Waals surface area contributed by atoms with Crippen molar-refractivity contribution < 1.29 is 0 Å². The third-order valence-electron chi connectivity index (χ3n) is 2.77. The van der Waals surface area contributed by atoms with Crippen LogP contribution in [0.2, 0.25) is 0 Å². The zero-order valence-electron chi connectivity index (χ0n) is 7.99. The molecule has 0 aromatic carbocycles. The highest BCUT2D eigenvalue weighted by Crippen LogP contribution is 2.34. The van der Waals surface area contributed by atoms with Crippen LogP contribution in [0.25, 0.3) is 11.4 Å². The molecule has 2 heterocycles. The van der Waals surface area contributed by atoms with Gasteiger partial charge in [0.1, 0.15) is 0 Å². The Kier molecular flexibility index (Phi) is 1.45. The maximum atomic E-state index is 4.40. The van der Waals surface area contributed by atoms with Crippen LogP contribution in [0.5, 0.6) is 0 Å². The van der Waals surface area contributed by atoms with Gasteiger partial charge in [0.15, 0.2) is 0 Å². The van der Waals surface area contributed by atoms with Crippen LogP contribution in [-0.2, 0) is 6.42 Å². The SMILES string of the molecule is Cc1ccnc2c1Cc1cccnc1-2. The second-order valence-corrected chi connectivity index (χ2v) is 3.64. The fourth-order valence-electron chi connectivity index (χ4n) is 2.00. The highest BCUT2D eigenvalue weighted by molar-refractivity contribution is 5.70. The topological polar surface area (TPSA) is 25.8 Å². The van der Waals surface area contributed by atoms with Crippen molar-refractivity contribution in [1.29, 1.82) is 0 Å². The van der Waals surface area contributed by atoms with Crippen molar-refractivity contribution in [2.24, 2.45) is 0 Å². The Morgan fingerprint density at radius 1 is 1.07 bits per heavy atom. The summed E-state index contributed by atoms with van der Waals surface area (Å²) in [5, 5.41) is 0. The lowest BCUT2D eigenvalue weighted by Gasteiger charge is -2.00. The molecular weight excluding hydrogens is 172 g/mol. The summed E-state index contributed by atoms with van der Waals surface area (Å²) in [6.07, 6.45) is 4.67. The fourth-order valence-corrected chi connectivity index (χ4v) is 2.00. The molecule has 0 N–H and O–H groups in total. The van der Waals surface area contributed by atoms with Crippen molar-refractivity contribution in [2.45, 2.75) is 13.3 Å². The molecule has 0 amide bonds. The van der Waals surface area contributed by atoms with Crippen LogP contribution >= 0.6 is 0 Å². The van der Waals surface area contributed by atoms with Crippen LogP contribution in [0.3, 0.4) is 0 Å². The summed E-state index contributed by atoms with van der Waals surface area (Å²) >= 11 is 0. The fraction of sp³-hybridized carbons (Fsp3) is 0.167. The minimum atomic E-state index is 0.984. The minimum Gasteiger partial charge on any atom is -0.254 e. The molecule has 0 fully saturated rings. The largest absolute Gasteiger partial charge is 0.254 e. The molecule has 0 saturated heterocycles. The molecule has 1 aliphatic rings. The van der Waals surface area contributed by atoms with E-state index in [4.69, 9.17) is 0 Å². The Hall–Kier alpha value is -1.70. The van der Waals surface area contributed by atoms with Crippen LogP contribution in [0.1, 0.15) is 16.7 Å². The third-order valence-corrected chi connectivity index (χ3v) is 2.77. The monoisotopic (exact) mass is 182 g/mol. The number of aromatic nitrogens is 2. The molecule has 0 atom stereocenters. The average molecular weight is 182 g/mol. The first-order chi connectivity index (χ1) is 6.86. The second kappa shape index (κ2) is 2.64.